The number of nitrogens with zero attached hydrogens (tertiary/aromatic N) is 5. The highest BCUT2D eigenvalue weighted by Crippen LogP contribution is 2.30. The van der Waals surface area contributed by atoms with Gasteiger partial charge < -0.3 is 4.74 Å². The minimum Gasteiger partial charge on any atom is -0.379 e. The van der Waals surface area contributed by atoms with Crippen LogP contribution in [0.15, 0.2) is 42.6 Å². The third kappa shape index (κ3) is 4.33. The standard InChI is InChI=1S/C22H22FN5O2S.ClH/c1-15-20(27-7-3-2-4-19(27)24-15)21(29)28(9-8-26-10-12-30-13-11-26)22-25-17-6-5-16(23)14-18(17)31-22;/h2-7,14H,8-13H2,1H3;1H. The molecule has 5 rings (SSSR count). The normalized spacial score (nSPS) is 14.6. The smallest absolute Gasteiger partial charge is 0.279 e. The van der Waals surface area contributed by atoms with Gasteiger partial charge in [-0.1, -0.05) is 17.4 Å². The van der Waals surface area contributed by atoms with Gasteiger partial charge in [0.05, 0.1) is 29.1 Å². The molecule has 1 aromatic carbocycles. The molecule has 7 nitrogen and oxygen atoms in total. The second kappa shape index (κ2) is 9.50. The summed E-state index contributed by atoms with van der Waals surface area (Å²) < 4.78 is 21.7. The van der Waals surface area contributed by atoms with Gasteiger partial charge in [0, 0.05) is 32.4 Å². The zero-order valence-electron chi connectivity index (χ0n) is 17.5. The Morgan fingerprint density at radius 2 is 2.03 bits per heavy atom. The molecule has 1 amide bonds. The highest BCUT2D eigenvalue weighted by molar-refractivity contribution is 7.22. The SMILES string of the molecule is Cc1nc2ccccn2c1C(=O)N(CCN1CCOCC1)c1nc2ccc(F)cc2s1.Cl. The number of benzene rings is 1. The van der Waals surface area contributed by atoms with Crippen molar-refractivity contribution < 1.29 is 13.9 Å². The van der Waals surface area contributed by atoms with Gasteiger partial charge >= 0.3 is 0 Å². The van der Waals surface area contributed by atoms with Crippen LogP contribution < -0.4 is 4.90 Å². The van der Waals surface area contributed by atoms with Crippen molar-refractivity contribution in [1.82, 2.24) is 19.3 Å². The number of carbonyl (C=O) groups excluding carboxylic acids is 1. The van der Waals surface area contributed by atoms with Gasteiger partial charge in [-0.25, -0.2) is 14.4 Å². The van der Waals surface area contributed by atoms with E-state index < -0.39 is 0 Å². The summed E-state index contributed by atoms with van der Waals surface area (Å²) >= 11 is 1.32. The highest BCUT2D eigenvalue weighted by Gasteiger charge is 2.27. The van der Waals surface area contributed by atoms with Crippen LogP contribution in [0.25, 0.3) is 15.9 Å². The maximum absolute atomic E-state index is 13.8. The van der Waals surface area contributed by atoms with Crippen LogP contribution in [0.1, 0.15) is 16.2 Å². The molecule has 0 atom stereocenters. The minimum atomic E-state index is -0.313. The van der Waals surface area contributed by atoms with Crippen LogP contribution in [-0.2, 0) is 4.74 Å². The number of halogens is 2. The molecule has 32 heavy (non-hydrogen) atoms. The van der Waals surface area contributed by atoms with E-state index in [0.29, 0.717) is 53.0 Å². The van der Waals surface area contributed by atoms with Crippen molar-refractivity contribution in [3.63, 3.8) is 0 Å². The van der Waals surface area contributed by atoms with Gasteiger partial charge in [0.1, 0.15) is 17.2 Å². The van der Waals surface area contributed by atoms with Crippen LogP contribution in [0.2, 0.25) is 0 Å². The molecule has 4 aromatic rings. The zero-order chi connectivity index (χ0) is 21.4. The van der Waals surface area contributed by atoms with E-state index in [0.717, 1.165) is 18.7 Å². The first-order valence-electron chi connectivity index (χ1n) is 10.2. The van der Waals surface area contributed by atoms with E-state index in [1.54, 1.807) is 11.0 Å². The molecule has 4 heterocycles. The topological polar surface area (TPSA) is 63.0 Å². The Balaban J connectivity index is 0.00000245. The molecule has 1 saturated heterocycles. The molecule has 3 aromatic heterocycles. The van der Waals surface area contributed by atoms with Crippen LogP contribution in [-0.4, -0.2) is 64.6 Å². The average Bonchev–Trinajstić information content (AvgIpc) is 3.34. The molecule has 168 valence electrons. The first-order valence-corrected chi connectivity index (χ1v) is 11.0. The maximum Gasteiger partial charge on any atom is 0.279 e. The molecule has 0 N–H and O–H groups in total. The van der Waals surface area contributed by atoms with Crippen molar-refractivity contribution >= 4 is 50.6 Å². The Hall–Kier alpha value is -2.59. The first-order chi connectivity index (χ1) is 15.1. The summed E-state index contributed by atoms with van der Waals surface area (Å²) in [4.78, 5) is 26.9. The predicted octanol–water partition coefficient (Wildman–Crippen LogP) is 3.79. The van der Waals surface area contributed by atoms with Gasteiger partial charge in [-0.05, 0) is 37.3 Å². The van der Waals surface area contributed by atoms with Crippen molar-refractivity contribution in [1.29, 1.82) is 0 Å². The van der Waals surface area contributed by atoms with Crippen LogP contribution >= 0.6 is 23.7 Å². The van der Waals surface area contributed by atoms with Crippen LogP contribution in [0.4, 0.5) is 9.52 Å². The van der Waals surface area contributed by atoms with Gasteiger partial charge in [0.2, 0.25) is 0 Å². The largest absolute Gasteiger partial charge is 0.379 e. The van der Waals surface area contributed by atoms with E-state index in [4.69, 9.17) is 4.74 Å². The van der Waals surface area contributed by atoms with E-state index in [2.05, 4.69) is 14.9 Å². The molecule has 0 aliphatic carbocycles. The molecular formula is C22H23ClFN5O2S. The Morgan fingerprint density at radius 3 is 2.84 bits per heavy atom. The number of carbonyl (C=O) groups is 1. The van der Waals surface area contributed by atoms with Crippen molar-refractivity contribution in [2.45, 2.75) is 6.92 Å². The fraction of sp³-hybridized carbons (Fsp3) is 0.318. The van der Waals surface area contributed by atoms with Crippen LogP contribution in [0, 0.1) is 12.7 Å². The molecule has 1 aliphatic heterocycles. The Kier molecular flexibility index (Phi) is 6.71. The maximum atomic E-state index is 13.8. The van der Waals surface area contributed by atoms with E-state index in [1.165, 1.54) is 23.5 Å². The molecule has 1 aliphatic rings. The monoisotopic (exact) mass is 475 g/mol. The van der Waals surface area contributed by atoms with Gasteiger partial charge in [-0.2, -0.15) is 0 Å². The lowest BCUT2D eigenvalue weighted by Crippen LogP contribution is -2.43. The zero-order valence-corrected chi connectivity index (χ0v) is 19.2. The quantitative estimate of drug-likeness (QED) is 0.439. The van der Waals surface area contributed by atoms with Gasteiger partial charge in [0.15, 0.2) is 5.13 Å². The first kappa shape index (κ1) is 22.6. The summed E-state index contributed by atoms with van der Waals surface area (Å²) in [5.41, 5.74) is 2.59. The number of amides is 1. The Morgan fingerprint density at radius 1 is 1.22 bits per heavy atom. The lowest BCUT2D eigenvalue weighted by molar-refractivity contribution is 0.0391. The van der Waals surface area contributed by atoms with Crippen molar-refractivity contribution in [3.8, 4) is 0 Å². The number of anilines is 1. The summed E-state index contributed by atoms with van der Waals surface area (Å²) in [5.74, 6) is -0.476. The van der Waals surface area contributed by atoms with Crippen molar-refractivity contribution in [2.24, 2.45) is 0 Å². The number of ether oxygens (including phenoxy) is 1. The number of rotatable bonds is 5. The number of aryl methyl sites for hydroxylation is 1. The number of imidazole rings is 1. The third-order valence-corrected chi connectivity index (χ3v) is 6.51. The van der Waals surface area contributed by atoms with Crippen molar-refractivity contribution in [3.05, 3.63) is 59.8 Å². The third-order valence-electron chi connectivity index (χ3n) is 5.47. The van der Waals surface area contributed by atoms with Crippen molar-refractivity contribution in [2.75, 3.05) is 44.3 Å². The molecule has 10 heteroatoms. The number of thiazole rings is 1. The fourth-order valence-corrected chi connectivity index (χ4v) is 4.87. The summed E-state index contributed by atoms with van der Waals surface area (Å²) in [6.07, 6.45) is 1.84. The number of morpholine rings is 1. The average molecular weight is 476 g/mol. The summed E-state index contributed by atoms with van der Waals surface area (Å²) in [5, 5.41) is 0.559. The molecule has 0 spiro atoms. The Labute approximate surface area is 194 Å². The lowest BCUT2D eigenvalue weighted by atomic mass is 10.3. The summed E-state index contributed by atoms with van der Waals surface area (Å²) in [6, 6.07) is 10.1. The summed E-state index contributed by atoms with van der Waals surface area (Å²) in [7, 11) is 0. The Bertz CT molecular complexity index is 1250. The van der Waals surface area contributed by atoms with Crippen LogP contribution in [0.3, 0.4) is 0 Å². The molecular weight excluding hydrogens is 453 g/mol. The van der Waals surface area contributed by atoms with E-state index >= 15 is 0 Å². The molecule has 0 saturated carbocycles. The molecule has 0 bridgehead atoms. The summed E-state index contributed by atoms with van der Waals surface area (Å²) in [6.45, 7) is 6.08. The van der Waals surface area contributed by atoms with E-state index in [1.807, 2.05) is 35.7 Å². The second-order valence-corrected chi connectivity index (χ2v) is 8.50. The minimum absolute atomic E-state index is 0. The number of hydrogen-bond acceptors (Lipinski definition) is 6. The van der Waals surface area contributed by atoms with E-state index in [-0.39, 0.29) is 24.1 Å². The highest BCUT2D eigenvalue weighted by atomic mass is 35.5. The lowest BCUT2D eigenvalue weighted by Gasteiger charge is -2.29. The molecule has 0 unspecified atom stereocenters. The fourth-order valence-electron chi connectivity index (χ4n) is 3.85. The van der Waals surface area contributed by atoms with E-state index in [9.17, 15) is 9.18 Å². The number of fused-ring (bicyclic) bond motifs is 2. The van der Waals surface area contributed by atoms with Gasteiger partial charge in [-0.15, -0.1) is 12.4 Å². The second-order valence-electron chi connectivity index (χ2n) is 7.49. The van der Waals surface area contributed by atoms with Gasteiger partial charge in [-0.3, -0.25) is 19.0 Å². The molecule has 0 radical (unpaired) electrons. The number of hydrogen-bond donors (Lipinski definition) is 0. The molecule has 1 fully saturated rings. The number of aromatic nitrogens is 3. The number of pyridine rings is 1. The predicted molar refractivity (Wildman–Crippen MR) is 126 cm³/mol. The van der Waals surface area contributed by atoms with Crippen LogP contribution in [0.5, 0.6) is 0 Å². The van der Waals surface area contributed by atoms with Gasteiger partial charge in [0.25, 0.3) is 5.91 Å².